The lowest BCUT2D eigenvalue weighted by molar-refractivity contribution is -0.126. The number of amides is 3. The van der Waals surface area contributed by atoms with Crippen molar-refractivity contribution in [2.75, 3.05) is 13.2 Å². The van der Waals surface area contributed by atoms with Crippen molar-refractivity contribution in [2.24, 2.45) is 11.8 Å². The van der Waals surface area contributed by atoms with E-state index in [0.29, 0.717) is 10.0 Å². The van der Waals surface area contributed by atoms with Crippen molar-refractivity contribution >= 4 is 46.6 Å². The molecule has 0 fully saturated rings. The fourth-order valence-corrected chi connectivity index (χ4v) is 7.96. The molecule has 0 radical (unpaired) electrons. The molecule has 0 aliphatic heterocycles. The minimum absolute atomic E-state index is 0.0518. The summed E-state index contributed by atoms with van der Waals surface area (Å²) >= 11 is 2.45. The topological polar surface area (TPSA) is 169 Å². The van der Waals surface area contributed by atoms with E-state index in [0.717, 1.165) is 22.3 Å². The molecule has 1 aliphatic rings. The van der Waals surface area contributed by atoms with Crippen LogP contribution in [0.1, 0.15) is 94.7 Å². The van der Waals surface area contributed by atoms with Crippen LogP contribution in [-0.4, -0.2) is 64.3 Å². The van der Waals surface area contributed by atoms with Gasteiger partial charge in [0.25, 0.3) is 5.91 Å². The van der Waals surface area contributed by atoms with E-state index in [1.165, 1.54) is 35.7 Å². The number of thiazole rings is 2. The van der Waals surface area contributed by atoms with Crippen molar-refractivity contribution in [2.45, 2.75) is 64.8 Å². The van der Waals surface area contributed by atoms with Crippen molar-refractivity contribution in [3.63, 3.8) is 0 Å². The first kappa shape index (κ1) is 38.3. The van der Waals surface area contributed by atoms with Crippen molar-refractivity contribution in [1.29, 1.82) is 0 Å². The number of carbonyl (C=O) groups excluding carboxylic acids is 4. The van der Waals surface area contributed by atoms with E-state index in [9.17, 15) is 24.3 Å². The van der Waals surface area contributed by atoms with E-state index in [1.54, 1.807) is 10.8 Å². The lowest BCUT2D eigenvalue weighted by Gasteiger charge is -2.26. The fourth-order valence-electron chi connectivity index (χ4n) is 5.93. The van der Waals surface area contributed by atoms with E-state index in [2.05, 4.69) is 32.5 Å². The molecule has 12 nitrogen and oxygen atoms in total. The summed E-state index contributed by atoms with van der Waals surface area (Å²) in [6.07, 6.45) is -0.609. The first-order chi connectivity index (χ1) is 24.9. The van der Waals surface area contributed by atoms with Gasteiger partial charge in [-0.25, -0.2) is 19.6 Å². The number of hydrogen-bond donors (Lipinski definition) is 4. The standard InChI is InChI=1S/C38H43N5O7S2/c1-7-16-49-37(47)29-19-52-36(40-29)30(20(2)3)41-33(45)28-18-51-35(39-28)31(21(4)5)42-34(46)32(22(6)44)43-38(48)50-17-27-25-14-10-8-12-23(25)24-13-9-11-15-26(24)27/h7-15,18-22,27,30-32,44H,1,16-17H2,2-6H3,(H,41,45)(H,42,46)(H,43,48)/t22-,30-,31-,32-/m0/s1. The number of carbonyl (C=O) groups is 4. The molecule has 2 heterocycles. The Morgan fingerprint density at radius 3 is 1.90 bits per heavy atom. The molecular formula is C38H43N5O7S2. The predicted molar refractivity (Wildman–Crippen MR) is 199 cm³/mol. The molecule has 14 heteroatoms. The number of nitrogens with zero attached hydrogens (tertiary/aromatic N) is 2. The Bertz CT molecular complexity index is 1870. The minimum atomic E-state index is -1.32. The van der Waals surface area contributed by atoms with Gasteiger partial charge in [0.15, 0.2) is 5.69 Å². The van der Waals surface area contributed by atoms with Gasteiger partial charge in [0.05, 0.1) is 18.2 Å². The quantitative estimate of drug-likeness (QED) is 0.0822. The molecule has 0 saturated heterocycles. The van der Waals surface area contributed by atoms with Crippen LogP contribution >= 0.6 is 22.7 Å². The van der Waals surface area contributed by atoms with Crippen LogP contribution in [-0.2, 0) is 14.3 Å². The Kier molecular flexibility index (Phi) is 12.6. The number of ether oxygens (including phenoxy) is 2. The highest BCUT2D eigenvalue weighted by Crippen LogP contribution is 2.44. The molecule has 0 bridgehead atoms. The van der Waals surface area contributed by atoms with E-state index in [1.807, 2.05) is 76.2 Å². The highest BCUT2D eigenvalue weighted by atomic mass is 32.1. The second kappa shape index (κ2) is 17.1. The molecule has 1 aliphatic carbocycles. The van der Waals surface area contributed by atoms with Gasteiger partial charge in [-0.15, -0.1) is 22.7 Å². The number of aliphatic hydroxyl groups is 1. The maximum atomic E-state index is 13.5. The Labute approximate surface area is 310 Å². The molecular weight excluding hydrogens is 703 g/mol. The zero-order valence-corrected chi connectivity index (χ0v) is 31.3. The summed E-state index contributed by atoms with van der Waals surface area (Å²) in [6, 6.07) is 13.5. The van der Waals surface area contributed by atoms with Gasteiger partial charge in [-0.2, -0.15) is 0 Å². The summed E-state index contributed by atoms with van der Waals surface area (Å²) in [5.74, 6) is -2.04. The predicted octanol–water partition coefficient (Wildman–Crippen LogP) is 6.17. The summed E-state index contributed by atoms with van der Waals surface area (Å²) in [4.78, 5) is 61.1. The normalized spacial score (nSPS) is 14.5. The highest BCUT2D eigenvalue weighted by molar-refractivity contribution is 7.10. The SMILES string of the molecule is C=CCOC(=O)c1csc([C@@H](NC(=O)c2csc([C@@H](NC(=O)[C@@H](NC(=O)OCC3c4ccccc4-c4ccccc43)[C@H](C)O)C(C)C)n2)C(C)C)n1. The van der Waals surface area contributed by atoms with Gasteiger partial charge in [-0.05, 0) is 41.0 Å². The summed E-state index contributed by atoms with van der Waals surface area (Å²) in [7, 11) is 0. The zero-order valence-electron chi connectivity index (χ0n) is 29.6. The lowest BCUT2D eigenvalue weighted by atomic mass is 9.98. The monoisotopic (exact) mass is 745 g/mol. The molecule has 4 N–H and O–H groups in total. The Morgan fingerprint density at radius 2 is 1.35 bits per heavy atom. The van der Waals surface area contributed by atoms with Crippen LogP contribution in [0, 0.1) is 11.8 Å². The van der Waals surface area contributed by atoms with Gasteiger partial charge in [0.1, 0.15) is 35.0 Å². The number of rotatable bonds is 15. The second-order valence-corrected chi connectivity index (χ2v) is 14.9. The third-order valence-corrected chi connectivity index (χ3v) is 10.5. The number of aromatic nitrogens is 2. The molecule has 3 amide bonds. The van der Waals surface area contributed by atoms with Crippen LogP contribution in [0.5, 0.6) is 0 Å². The number of fused-ring (bicyclic) bond motifs is 3. The molecule has 52 heavy (non-hydrogen) atoms. The molecule has 2 aromatic carbocycles. The summed E-state index contributed by atoms with van der Waals surface area (Å²) in [5, 5.41) is 23.1. The molecule has 2 aromatic heterocycles. The van der Waals surface area contributed by atoms with Gasteiger partial charge < -0.3 is 30.5 Å². The number of benzene rings is 2. The number of hydrogen-bond acceptors (Lipinski definition) is 11. The van der Waals surface area contributed by atoms with Crippen molar-refractivity contribution in [3.8, 4) is 11.1 Å². The Hall–Kier alpha value is -4.92. The first-order valence-electron chi connectivity index (χ1n) is 17.0. The van der Waals surface area contributed by atoms with Crippen LogP contribution in [0.2, 0.25) is 0 Å². The van der Waals surface area contributed by atoms with Crippen LogP contribution in [0.15, 0.2) is 71.9 Å². The third-order valence-electron chi connectivity index (χ3n) is 8.65. The zero-order chi connectivity index (χ0) is 37.5. The van der Waals surface area contributed by atoms with Gasteiger partial charge in [-0.3, -0.25) is 9.59 Å². The van der Waals surface area contributed by atoms with Crippen LogP contribution < -0.4 is 16.0 Å². The molecule has 5 rings (SSSR count). The van der Waals surface area contributed by atoms with E-state index >= 15 is 0 Å². The molecule has 0 spiro atoms. The van der Waals surface area contributed by atoms with Crippen LogP contribution in [0.4, 0.5) is 4.79 Å². The van der Waals surface area contributed by atoms with Gasteiger partial charge >= 0.3 is 12.1 Å². The lowest BCUT2D eigenvalue weighted by Crippen LogP contribution is -2.53. The van der Waals surface area contributed by atoms with E-state index < -0.39 is 48.1 Å². The number of esters is 1. The molecule has 4 atom stereocenters. The maximum absolute atomic E-state index is 13.5. The molecule has 0 unspecified atom stereocenters. The Balaban J connectivity index is 1.22. The fraction of sp³-hybridized carbons (Fsp3) is 0.368. The van der Waals surface area contributed by atoms with Crippen LogP contribution in [0.25, 0.3) is 11.1 Å². The van der Waals surface area contributed by atoms with Crippen molar-refractivity contribution in [1.82, 2.24) is 25.9 Å². The smallest absolute Gasteiger partial charge is 0.407 e. The Morgan fingerprint density at radius 1 is 0.808 bits per heavy atom. The summed E-state index contributed by atoms with van der Waals surface area (Å²) in [6.45, 7) is 12.7. The summed E-state index contributed by atoms with van der Waals surface area (Å²) < 4.78 is 10.7. The molecule has 0 saturated carbocycles. The average Bonchev–Trinajstić information content (AvgIpc) is 3.88. The van der Waals surface area contributed by atoms with E-state index in [4.69, 9.17) is 9.47 Å². The largest absolute Gasteiger partial charge is 0.457 e. The minimum Gasteiger partial charge on any atom is -0.457 e. The second-order valence-electron chi connectivity index (χ2n) is 13.1. The number of alkyl carbamates (subject to hydrolysis) is 1. The first-order valence-corrected chi connectivity index (χ1v) is 18.7. The molecule has 4 aromatic rings. The maximum Gasteiger partial charge on any atom is 0.407 e. The highest BCUT2D eigenvalue weighted by Gasteiger charge is 2.33. The number of nitrogens with one attached hydrogen (secondary N) is 3. The van der Waals surface area contributed by atoms with E-state index in [-0.39, 0.29) is 42.4 Å². The van der Waals surface area contributed by atoms with Gasteiger partial charge in [0, 0.05) is 16.7 Å². The third kappa shape index (κ3) is 8.75. The van der Waals surface area contributed by atoms with Crippen molar-refractivity contribution < 1.29 is 33.8 Å². The van der Waals surface area contributed by atoms with Gasteiger partial charge in [-0.1, -0.05) is 88.9 Å². The van der Waals surface area contributed by atoms with Crippen molar-refractivity contribution in [3.05, 3.63) is 104 Å². The average molecular weight is 746 g/mol. The molecule has 274 valence electrons. The number of aliphatic hydroxyl groups excluding tert-OH is 1. The summed E-state index contributed by atoms with van der Waals surface area (Å²) in [5.41, 5.74) is 4.58. The van der Waals surface area contributed by atoms with Gasteiger partial charge in [0.2, 0.25) is 5.91 Å². The van der Waals surface area contributed by atoms with Crippen LogP contribution in [0.3, 0.4) is 0 Å².